The van der Waals surface area contributed by atoms with Crippen molar-refractivity contribution in [2.24, 2.45) is 5.73 Å². The van der Waals surface area contributed by atoms with Crippen LogP contribution >= 0.6 is 75.0 Å². The van der Waals surface area contributed by atoms with Gasteiger partial charge in [0.2, 0.25) is 0 Å². The molecule has 3 aromatic heterocycles. The van der Waals surface area contributed by atoms with Gasteiger partial charge in [0.05, 0.1) is 26.9 Å². The van der Waals surface area contributed by atoms with Crippen molar-refractivity contribution in [1.29, 1.82) is 0 Å². The summed E-state index contributed by atoms with van der Waals surface area (Å²) in [6, 6.07) is 1.28. The van der Waals surface area contributed by atoms with Crippen LogP contribution in [-0.4, -0.2) is 22.7 Å². The lowest BCUT2D eigenvalue weighted by Gasteiger charge is -2.06. The van der Waals surface area contributed by atoms with Crippen molar-refractivity contribution in [3.63, 3.8) is 0 Å². The lowest BCUT2D eigenvalue weighted by molar-refractivity contribution is 0.428. The second kappa shape index (κ2) is 10.2. The highest BCUT2D eigenvalue weighted by Gasteiger charge is 2.17. The maximum absolute atomic E-state index is 12.7. The molecule has 0 aliphatic rings. The molecule has 0 saturated carbocycles. The summed E-state index contributed by atoms with van der Waals surface area (Å²) < 4.78 is 14.5. The first kappa shape index (κ1) is 22.8. The Balaban J connectivity index is 0.00000156. The molecule has 11 heteroatoms. The minimum absolute atomic E-state index is 0. The molecule has 3 heterocycles. The Kier molecular flexibility index (Phi) is 9.31. The van der Waals surface area contributed by atoms with E-state index < -0.39 is 12.7 Å². The number of nitrogens with one attached hydrogen (secondary N) is 1. The van der Waals surface area contributed by atoms with Crippen LogP contribution in [0, 0.1) is 0 Å². The zero-order valence-electron chi connectivity index (χ0n) is 12.7. The summed E-state index contributed by atoms with van der Waals surface area (Å²) in [7, 11) is 0. The van der Waals surface area contributed by atoms with Crippen molar-refractivity contribution in [3.8, 4) is 0 Å². The number of alkyl halides is 1. The van der Waals surface area contributed by atoms with E-state index in [1.54, 1.807) is 34.9 Å². The number of aromatic nitrogens is 2. The first-order valence-electron chi connectivity index (χ1n) is 6.79. The van der Waals surface area contributed by atoms with E-state index >= 15 is 0 Å². The van der Waals surface area contributed by atoms with Gasteiger partial charge in [-0.05, 0) is 15.9 Å². The Bertz CT molecular complexity index is 816. The van der Waals surface area contributed by atoms with Gasteiger partial charge in [-0.15, -0.1) is 47.5 Å². The number of nitrogens with two attached hydrogens (primary N) is 1. The predicted molar refractivity (Wildman–Crippen MR) is 114 cm³/mol. The van der Waals surface area contributed by atoms with Crippen molar-refractivity contribution in [2.45, 2.75) is 19.0 Å². The van der Waals surface area contributed by atoms with Gasteiger partial charge in [-0.3, -0.25) is 0 Å². The molecule has 0 spiro atoms. The van der Waals surface area contributed by atoms with Crippen LogP contribution in [0.2, 0.25) is 5.15 Å². The van der Waals surface area contributed by atoms with Crippen LogP contribution in [0.1, 0.15) is 9.88 Å². The molecule has 3 N–H and O–H groups in total. The minimum Gasteiger partial charge on any atom is -0.377 e. The smallest absolute Gasteiger partial charge is 0.131 e. The molecule has 0 unspecified atom stereocenters. The van der Waals surface area contributed by atoms with E-state index in [0.717, 1.165) is 30.3 Å². The summed E-state index contributed by atoms with van der Waals surface area (Å²) in [4.78, 5) is 9.60. The number of halogens is 5. The van der Waals surface area contributed by atoms with Gasteiger partial charge < -0.3 is 11.1 Å². The van der Waals surface area contributed by atoms with Crippen LogP contribution in [0.25, 0.3) is 10.2 Å². The number of thiazole rings is 1. The molecule has 25 heavy (non-hydrogen) atoms. The lowest BCUT2D eigenvalue weighted by Crippen LogP contribution is -2.24. The van der Waals surface area contributed by atoms with Crippen LogP contribution in [0.5, 0.6) is 0 Å². The van der Waals surface area contributed by atoms with Crippen molar-refractivity contribution in [3.05, 3.63) is 37.2 Å². The number of hydrogen-bond donors (Lipinski definition) is 2. The second-order valence-corrected chi connectivity index (χ2v) is 8.17. The van der Waals surface area contributed by atoms with Crippen LogP contribution in [0.4, 0.5) is 10.1 Å². The first-order chi connectivity index (χ1) is 11.1. The Morgan fingerprint density at radius 1 is 1.40 bits per heavy atom. The summed E-state index contributed by atoms with van der Waals surface area (Å²) >= 11 is 12.8. The molecule has 0 amide bonds. The van der Waals surface area contributed by atoms with Crippen LogP contribution in [-0.2, 0) is 13.0 Å². The topological polar surface area (TPSA) is 63.8 Å². The van der Waals surface area contributed by atoms with Crippen molar-refractivity contribution >= 4 is 90.9 Å². The predicted octanol–water partition coefficient (Wildman–Crippen LogP) is 5.46. The number of anilines is 1. The fraction of sp³-hybridized carbons (Fsp3) is 0.286. The fourth-order valence-electron chi connectivity index (χ4n) is 2.12. The van der Waals surface area contributed by atoms with Crippen molar-refractivity contribution in [1.82, 2.24) is 9.97 Å². The molecule has 3 aromatic rings. The Labute approximate surface area is 178 Å². The first-order valence-corrected chi connectivity index (χ1v) is 9.66. The SMILES string of the molecule is Cl.Cl.N[C@H](CF)Cc1sc2c(NCc3nccs3)cc(Cl)nc2c1Br. The number of thiophene rings is 1. The highest BCUT2D eigenvalue weighted by atomic mass is 79.9. The van der Waals surface area contributed by atoms with Crippen LogP contribution < -0.4 is 11.1 Å². The molecule has 0 aromatic carbocycles. The Morgan fingerprint density at radius 3 is 2.80 bits per heavy atom. The quantitative estimate of drug-likeness (QED) is 0.434. The third-order valence-corrected chi connectivity index (χ3v) is 6.50. The number of nitrogens with zero attached hydrogens (tertiary/aromatic N) is 2. The van der Waals surface area contributed by atoms with Gasteiger partial charge in [0.15, 0.2) is 0 Å². The number of rotatable bonds is 6. The standard InChI is InChI=1S/C14H13BrClFN4S2.2ClH/c15-12-9(3-7(18)5-17)23-14-8(4-10(16)21-13(12)14)20-6-11-19-1-2-22-11;;/h1-2,4,7H,3,5-6,18H2,(H,20,21);2*1H/t7-;;/m0../s1. The molecule has 4 nitrogen and oxygen atoms in total. The average molecular weight is 509 g/mol. The van der Waals surface area contributed by atoms with Gasteiger partial charge in [0.25, 0.3) is 0 Å². The average Bonchev–Trinajstić information content (AvgIpc) is 3.15. The van der Waals surface area contributed by atoms with E-state index in [4.69, 9.17) is 17.3 Å². The van der Waals surface area contributed by atoms with Gasteiger partial charge in [0.1, 0.15) is 16.8 Å². The normalized spacial score (nSPS) is 11.7. The maximum Gasteiger partial charge on any atom is 0.131 e. The summed E-state index contributed by atoms with van der Waals surface area (Å²) in [5, 5.41) is 6.67. The fourth-order valence-corrected chi connectivity index (χ4v) is 4.91. The molecule has 0 saturated heterocycles. The minimum atomic E-state index is -0.552. The molecular weight excluding hydrogens is 494 g/mol. The molecular formula is C14H15BrCl3FN4S2. The van der Waals surface area contributed by atoms with Crippen molar-refractivity contribution < 1.29 is 4.39 Å². The summed E-state index contributed by atoms with van der Waals surface area (Å²) in [6.45, 7) is 0.0615. The highest BCUT2D eigenvalue weighted by molar-refractivity contribution is 9.10. The van der Waals surface area contributed by atoms with E-state index in [0.29, 0.717) is 18.1 Å². The van der Waals surface area contributed by atoms with Gasteiger partial charge in [-0.2, -0.15) is 0 Å². The van der Waals surface area contributed by atoms with E-state index in [-0.39, 0.29) is 24.8 Å². The monoisotopic (exact) mass is 506 g/mol. The summed E-state index contributed by atoms with van der Waals surface area (Å²) in [5.74, 6) is 0. The zero-order valence-corrected chi connectivity index (χ0v) is 18.3. The summed E-state index contributed by atoms with van der Waals surface area (Å²) in [6.07, 6.45) is 2.23. The highest BCUT2D eigenvalue weighted by Crippen LogP contribution is 2.40. The molecule has 1 atom stereocenters. The molecule has 0 radical (unpaired) electrons. The second-order valence-electron chi connectivity index (χ2n) is 4.91. The largest absolute Gasteiger partial charge is 0.377 e. The molecule has 0 fully saturated rings. The third kappa shape index (κ3) is 5.38. The molecule has 0 aliphatic carbocycles. The Hall–Kier alpha value is -0.220. The van der Waals surface area contributed by atoms with Gasteiger partial charge >= 0.3 is 0 Å². The zero-order chi connectivity index (χ0) is 16.4. The summed E-state index contributed by atoms with van der Waals surface area (Å²) in [5.41, 5.74) is 7.39. The Morgan fingerprint density at radius 2 is 2.16 bits per heavy atom. The molecule has 3 rings (SSSR count). The number of fused-ring (bicyclic) bond motifs is 1. The van der Waals surface area contributed by atoms with Crippen LogP contribution in [0.15, 0.2) is 22.1 Å². The molecule has 0 aliphatic heterocycles. The van der Waals surface area contributed by atoms with Gasteiger partial charge in [0, 0.05) is 35.0 Å². The van der Waals surface area contributed by atoms with E-state index in [1.807, 2.05) is 5.38 Å². The number of hydrogen-bond acceptors (Lipinski definition) is 6. The maximum atomic E-state index is 12.7. The van der Waals surface area contributed by atoms with E-state index in [2.05, 4.69) is 31.2 Å². The number of pyridine rings is 1. The van der Waals surface area contributed by atoms with E-state index in [9.17, 15) is 4.39 Å². The van der Waals surface area contributed by atoms with Gasteiger partial charge in [-0.1, -0.05) is 11.6 Å². The van der Waals surface area contributed by atoms with Crippen molar-refractivity contribution in [2.75, 3.05) is 12.0 Å². The lowest BCUT2D eigenvalue weighted by atomic mass is 10.2. The molecule has 0 bridgehead atoms. The van der Waals surface area contributed by atoms with E-state index in [1.165, 1.54) is 0 Å². The van der Waals surface area contributed by atoms with Gasteiger partial charge in [-0.25, -0.2) is 14.4 Å². The third-order valence-electron chi connectivity index (χ3n) is 3.18. The van der Waals surface area contributed by atoms with Crippen LogP contribution in [0.3, 0.4) is 0 Å². The molecule has 138 valence electrons.